The molecule has 7 heteroatoms. The Morgan fingerprint density at radius 1 is 0.966 bits per heavy atom. The summed E-state index contributed by atoms with van der Waals surface area (Å²) in [6.45, 7) is 8.29. The lowest BCUT2D eigenvalue weighted by atomic mass is 10.1. The standard InChI is InChI=1S/C22H32N4O2S/c1-6-23-22(24-12-11-20-14-17(2)13-18(3)15-20)25-16-19-7-9-21(10-8-19)29(27,28)26(4)5/h7-10,13-15H,6,11-12,16H2,1-5H3,(H2,23,24,25). The largest absolute Gasteiger partial charge is 0.357 e. The molecule has 0 unspecified atom stereocenters. The minimum absolute atomic E-state index is 0.286. The molecule has 0 saturated heterocycles. The van der Waals surface area contributed by atoms with E-state index in [2.05, 4.69) is 47.7 Å². The van der Waals surface area contributed by atoms with Gasteiger partial charge in [-0.25, -0.2) is 17.7 Å². The highest BCUT2D eigenvalue weighted by Crippen LogP contribution is 2.14. The minimum atomic E-state index is -3.41. The van der Waals surface area contributed by atoms with Gasteiger partial charge in [0.1, 0.15) is 0 Å². The summed E-state index contributed by atoms with van der Waals surface area (Å²) in [7, 11) is -0.350. The first-order valence-corrected chi connectivity index (χ1v) is 11.3. The molecule has 0 spiro atoms. The maximum absolute atomic E-state index is 12.2. The number of hydrogen-bond acceptors (Lipinski definition) is 3. The number of sulfonamides is 1. The average molecular weight is 417 g/mol. The van der Waals surface area contributed by atoms with Crippen LogP contribution in [0, 0.1) is 13.8 Å². The van der Waals surface area contributed by atoms with Crippen molar-refractivity contribution in [3.05, 3.63) is 64.7 Å². The van der Waals surface area contributed by atoms with Crippen LogP contribution < -0.4 is 10.6 Å². The van der Waals surface area contributed by atoms with E-state index in [0.717, 1.165) is 31.0 Å². The Morgan fingerprint density at radius 2 is 1.59 bits per heavy atom. The van der Waals surface area contributed by atoms with Gasteiger partial charge in [-0.1, -0.05) is 41.5 Å². The van der Waals surface area contributed by atoms with Crippen LogP contribution in [0.5, 0.6) is 0 Å². The molecule has 0 aliphatic carbocycles. The Hall–Kier alpha value is -2.38. The van der Waals surface area contributed by atoms with Crippen molar-refractivity contribution in [2.75, 3.05) is 27.2 Å². The van der Waals surface area contributed by atoms with Gasteiger partial charge in [-0.05, 0) is 50.5 Å². The Morgan fingerprint density at radius 3 is 2.14 bits per heavy atom. The number of hydrogen-bond donors (Lipinski definition) is 2. The third kappa shape index (κ3) is 6.87. The predicted octanol–water partition coefficient (Wildman–Crippen LogP) is 2.85. The topological polar surface area (TPSA) is 73.8 Å². The Bertz CT molecular complexity index is 916. The van der Waals surface area contributed by atoms with E-state index in [1.54, 1.807) is 24.3 Å². The monoisotopic (exact) mass is 416 g/mol. The molecule has 0 aromatic heterocycles. The van der Waals surface area contributed by atoms with Gasteiger partial charge in [0, 0.05) is 27.2 Å². The van der Waals surface area contributed by atoms with Crippen LogP contribution in [-0.2, 0) is 23.0 Å². The summed E-state index contributed by atoms with van der Waals surface area (Å²) in [4.78, 5) is 4.90. The van der Waals surface area contributed by atoms with Crippen LogP contribution in [0.1, 0.15) is 29.2 Å². The van der Waals surface area contributed by atoms with Crippen molar-refractivity contribution >= 4 is 16.0 Å². The van der Waals surface area contributed by atoms with Gasteiger partial charge in [-0.3, -0.25) is 0 Å². The first kappa shape index (κ1) is 22.9. The number of aryl methyl sites for hydroxylation is 2. The lowest BCUT2D eigenvalue weighted by molar-refractivity contribution is 0.520. The number of rotatable bonds is 8. The molecular weight excluding hydrogens is 384 g/mol. The fourth-order valence-corrected chi connectivity index (χ4v) is 3.93. The van der Waals surface area contributed by atoms with Crippen molar-refractivity contribution in [2.45, 2.75) is 38.6 Å². The lowest BCUT2D eigenvalue weighted by Crippen LogP contribution is -2.38. The number of nitrogens with zero attached hydrogens (tertiary/aromatic N) is 2. The van der Waals surface area contributed by atoms with E-state index in [1.165, 1.54) is 35.1 Å². The molecule has 158 valence electrons. The van der Waals surface area contributed by atoms with Crippen molar-refractivity contribution in [2.24, 2.45) is 4.99 Å². The minimum Gasteiger partial charge on any atom is -0.357 e. The van der Waals surface area contributed by atoms with Crippen LogP contribution >= 0.6 is 0 Å². The molecule has 29 heavy (non-hydrogen) atoms. The summed E-state index contributed by atoms with van der Waals surface area (Å²) in [6.07, 6.45) is 0.921. The fraction of sp³-hybridized carbons (Fsp3) is 0.409. The van der Waals surface area contributed by atoms with Gasteiger partial charge in [0.2, 0.25) is 10.0 Å². The van der Waals surface area contributed by atoms with Crippen LogP contribution in [0.15, 0.2) is 52.4 Å². The number of benzene rings is 2. The van der Waals surface area contributed by atoms with Crippen LogP contribution in [-0.4, -0.2) is 45.9 Å². The van der Waals surface area contributed by atoms with Crippen molar-refractivity contribution < 1.29 is 8.42 Å². The molecule has 0 aliphatic heterocycles. The van der Waals surface area contributed by atoms with Crippen LogP contribution in [0.2, 0.25) is 0 Å². The van der Waals surface area contributed by atoms with Crippen LogP contribution in [0.3, 0.4) is 0 Å². The molecule has 0 heterocycles. The third-order valence-electron chi connectivity index (χ3n) is 4.45. The van der Waals surface area contributed by atoms with E-state index >= 15 is 0 Å². The molecule has 0 saturated carbocycles. The first-order chi connectivity index (χ1) is 13.7. The molecule has 6 nitrogen and oxygen atoms in total. The Labute approximate surface area is 175 Å². The zero-order chi connectivity index (χ0) is 21.4. The second-order valence-electron chi connectivity index (χ2n) is 7.30. The van der Waals surface area contributed by atoms with Crippen molar-refractivity contribution in [3.8, 4) is 0 Å². The zero-order valence-electron chi connectivity index (χ0n) is 18.0. The number of aliphatic imine (C=N–C) groups is 1. The molecule has 2 aromatic rings. The highest BCUT2D eigenvalue weighted by Gasteiger charge is 2.16. The van der Waals surface area contributed by atoms with Gasteiger partial charge in [-0.2, -0.15) is 0 Å². The quantitative estimate of drug-likeness (QED) is 0.513. The molecule has 0 atom stereocenters. The molecule has 0 amide bonds. The second-order valence-corrected chi connectivity index (χ2v) is 9.45. The summed E-state index contributed by atoms with van der Waals surface area (Å²) in [5.41, 5.74) is 4.82. The van der Waals surface area contributed by atoms with Crippen molar-refractivity contribution in [1.29, 1.82) is 0 Å². The maximum Gasteiger partial charge on any atom is 0.242 e. The van der Waals surface area contributed by atoms with Crippen LogP contribution in [0.25, 0.3) is 0 Å². The molecule has 0 fully saturated rings. The highest BCUT2D eigenvalue weighted by molar-refractivity contribution is 7.89. The second kappa shape index (κ2) is 10.4. The molecule has 2 rings (SSSR count). The van der Waals surface area contributed by atoms with Gasteiger partial charge in [0.05, 0.1) is 11.4 Å². The SMILES string of the molecule is CCNC(=NCc1ccc(S(=O)(=O)N(C)C)cc1)NCCc1cc(C)cc(C)c1. The van der Waals surface area contributed by atoms with E-state index in [9.17, 15) is 8.42 Å². The van der Waals surface area contributed by atoms with Gasteiger partial charge >= 0.3 is 0 Å². The number of nitrogens with one attached hydrogen (secondary N) is 2. The average Bonchev–Trinajstić information content (AvgIpc) is 2.65. The number of guanidine groups is 1. The van der Waals surface area contributed by atoms with E-state index < -0.39 is 10.0 Å². The van der Waals surface area contributed by atoms with Crippen molar-refractivity contribution in [1.82, 2.24) is 14.9 Å². The molecule has 2 aromatic carbocycles. The molecular formula is C22H32N4O2S. The van der Waals surface area contributed by atoms with Gasteiger partial charge < -0.3 is 10.6 Å². The van der Waals surface area contributed by atoms with Gasteiger partial charge in [-0.15, -0.1) is 0 Å². The smallest absolute Gasteiger partial charge is 0.242 e. The van der Waals surface area contributed by atoms with E-state index in [4.69, 9.17) is 0 Å². The third-order valence-corrected chi connectivity index (χ3v) is 6.28. The van der Waals surface area contributed by atoms with Crippen LogP contribution in [0.4, 0.5) is 0 Å². The zero-order valence-corrected chi connectivity index (χ0v) is 18.8. The van der Waals surface area contributed by atoms with E-state index in [-0.39, 0.29) is 4.90 Å². The fourth-order valence-electron chi connectivity index (χ4n) is 3.03. The maximum atomic E-state index is 12.2. The van der Waals surface area contributed by atoms with E-state index in [0.29, 0.717) is 6.54 Å². The summed E-state index contributed by atoms with van der Waals surface area (Å²) < 4.78 is 25.5. The van der Waals surface area contributed by atoms with Crippen molar-refractivity contribution in [3.63, 3.8) is 0 Å². The lowest BCUT2D eigenvalue weighted by Gasteiger charge is -2.13. The predicted molar refractivity (Wildman–Crippen MR) is 120 cm³/mol. The van der Waals surface area contributed by atoms with Gasteiger partial charge in [0.25, 0.3) is 0 Å². The summed E-state index contributed by atoms with van der Waals surface area (Å²) in [6, 6.07) is 13.5. The van der Waals surface area contributed by atoms with E-state index in [1.807, 2.05) is 6.92 Å². The van der Waals surface area contributed by atoms with Gasteiger partial charge in [0.15, 0.2) is 5.96 Å². The Kier molecular flexibility index (Phi) is 8.22. The first-order valence-electron chi connectivity index (χ1n) is 9.83. The Balaban J connectivity index is 1.97. The summed E-state index contributed by atoms with van der Waals surface area (Å²) in [5, 5.41) is 6.61. The highest BCUT2D eigenvalue weighted by atomic mass is 32.2. The molecule has 0 radical (unpaired) electrons. The summed E-state index contributed by atoms with van der Waals surface area (Å²) in [5.74, 6) is 0.752. The molecule has 2 N–H and O–H groups in total. The normalized spacial score (nSPS) is 12.3. The molecule has 0 bridgehead atoms. The molecule has 0 aliphatic rings. The summed E-state index contributed by atoms with van der Waals surface area (Å²) >= 11 is 0.